The van der Waals surface area contributed by atoms with Gasteiger partial charge in [-0.1, -0.05) is 0 Å². The molecule has 0 atom stereocenters. The molecular formula is C13H21N3O4. The van der Waals surface area contributed by atoms with E-state index in [1.54, 1.807) is 6.92 Å². The lowest BCUT2D eigenvalue weighted by atomic mass is 10.1. The van der Waals surface area contributed by atoms with Crippen LogP contribution in [0.15, 0.2) is 10.7 Å². The summed E-state index contributed by atoms with van der Waals surface area (Å²) in [5.74, 6) is -0.477. The van der Waals surface area contributed by atoms with E-state index in [0.29, 0.717) is 31.9 Å². The van der Waals surface area contributed by atoms with Gasteiger partial charge in [-0.05, 0) is 32.9 Å². The Morgan fingerprint density at radius 1 is 1.55 bits per heavy atom. The van der Waals surface area contributed by atoms with Gasteiger partial charge in [-0.25, -0.2) is 4.79 Å². The molecular weight excluding hydrogens is 262 g/mol. The number of piperidine rings is 1. The molecule has 20 heavy (non-hydrogen) atoms. The first-order chi connectivity index (χ1) is 9.79. The minimum atomic E-state index is -0.477. The van der Waals surface area contributed by atoms with E-state index in [1.807, 2.05) is 0 Å². The van der Waals surface area contributed by atoms with Crippen LogP contribution in [0.4, 0.5) is 6.01 Å². The van der Waals surface area contributed by atoms with Crippen molar-refractivity contribution < 1.29 is 18.7 Å². The molecule has 2 rings (SSSR count). The molecule has 2 N–H and O–H groups in total. The summed E-state index contributed by atoms with van der Waals surface area (Å²) in [6, 6.07) is 0.307. The van der Waals surface area contributed by atoms with Crippen LogP contribution in [0.25, 0.3) is 0 Å². The quantitative estimate of drug-likeness (QED) is 0.571. The number of nitrogens with zero attached hydrogens (tertiary/aromatic N) is 1. The number of carbonyl (C=O) groups excluding carboxylic acids is 1. The van der Waals surface area contributed by atoms with Crippen molar-refractivity contribution in [2.24, 2.45) is 0 Å². The van der Waals surface area contributed by atoms with E-state index in [0.717, 1.165) is 25.9 Å². The predicted octanol–water partition coefficient (Wildman–Crippen LogP) is 1.03. The number of esters is 1. The summed E-state index contributed by atoms with van der Waals surface area (Å²) >= 11 is 0. The van der Waals surface area contributed by atoms with Gasteiger partial charge in [0.05, 0.1) is 19.3 Å². The van der Waals surface area contributed by atoms with E-state index in [4.69, 9.17) is 13.9 Å². The van der Waals surface area contributed by atoms with Crippen molar-refractivity contribution in [2.75, 3.05) is 38.2 Å². The molecule has 7 heteroatoms. The third-order valence-corrected chi connectivity index (χ3v) is 3.01. The number of rotatable bonds is 7. The number of hydrogen-bond acceptors (Lipinski definition) is 7. The maximum atomic E-state index is 11.4. The van der Waals surface area contributed by atoms with E-state index >= 15 is 0 Å². The molecule has 112 valence electrons. The fraction of sp³-hybridized carbons (Fsp3) is 0.692. The Balaban J connectivity index is 1.65. The van der Waals surface area contributed by atoms with Crippen molar-refractivity contribution >= 4 is 12.0 Å². The second-order valence-electron chi connectivity index (χ2n) is 4.51. The number of nitrogens with one attached hydrogen (secondary N) is 2. The number of anilines is 1. The van der Waals surface area contributed by atoms with Gasteiger partial charge in [0.2, 0.25) is 0 Å². The summed E-state index contributed by atoms with van der Waals surface area (Å²) in [6.07, 6.45) is 3.71. The van der Waals surface area contributed by atoms with Crippen molar-refractivity contribution in [3.63, 3.8) is 0 Å². The zero-order valence-corrected chi connectivity index (χ0v) is 11.7. The Kier molecular flexibility index (Phi) is 5.82. The molecule has 1 aromatic heterocycles. The maximum Gasteiger partial charge on any atom is 0.360 e. The topological polar surface area (TPSA) is 85.6 Å². The van der Waals surface area contributed by atoms with Gasteiger partial charge in [0, 0.05) is 6.54 Å². The lowest BCUT2D eigenvalue weighted by molar-refractivity contribution is 0.0392. The Morgan fingerprint density at radius 3 is 3.10 bits per heavy atom. The number of hydrogen-bond donors (Lipinski definition) is 2. The molecule has 0 radical (unpaired) electrons. The van der Waals surface area contributed by atoms with Crippen LogP contribution < -0.4 is 10.6 Å². The van der Waals surface area contributed by atoms with Crippen LogP contribution in [0, 0.1) is 0 Å². The second kappa shape index (κ2) is 7.86. The van der Waals surface area contributed by atoms with Crippen molar-refractivity contribution in [2.45, 2.75) is 25.9 Å². The van der Waals surface area contributed by atoms with Gasteiger partial charge in [0.15, 0.2) is 5.69 Å². The lowest BCUT2D eigenvalue weighted by Gasteiger charge is -2.22. The standard InChI is InChI=1S/C13H21N3O4/c1-2-18-12(17)11-9-20-13(16-11)15-7-8-19-10-3-5-14-6-4-10/h9-10,14H,2-8H2,1H3,(H,15,16). The van der Waals surface area contributed by atoms with Gasteiger partial charge in [0.25, 0.3) is 6.01 Å². The van der Waals surface area contributed by atoms with Crippen molar-refractivity contribution in [3.05, 3.63) is 12.0 Å². The molecule has 0 spiro atoms. The van der Waals surface area contributed by atoms with E-state index in [9.17, 15) is 4.79 Å². The SMILES string of the molecule is CCOC(=O)c1coc(NCCOC2CCNCC2)n1. The summed E-state index contributed by atoms with van der Waals surface area (Å²) < 4.78 is 15.7. The summed E-state index contributed by atoms with van der Waals surface area (Å²) in [5.41, 5.74) is 0.175. The average Bonchev–Trinajstić information content (AvgIpc) is 2.94. The van der Waals surface area contributed by atoms with E-state index in [-0.39, 0.29) is 5.69 Å². The van der Waals surface area contributed by atoms with Gasteiger partial charge < -0.3 is 24.5 Å². The molecule has 1 aromatic rings. The minimum Gasteiger partial charge on any atom is -0.461 e. The van der Waals surface area contributed by atoms with E-state index < -0.39 is 5.97 Å². The predicted molar refractivity (Wildman–Crippen MR) is 72.8 cm³/mol. The number of ether oxygens (including phenoxy) is 2. The zero-order chi connectivity index (χ0) is 14.2. The van der Waals surface area contributed by atoms with Gasteiger partial charge in [0.1, 0.15) is 6.26 Å². The molecule has 0 aliphatic carbocycles. The average molecular weight is 283 g/mol. The Morgan fingerprint density at radius 2 is 2.35 bits per heavy atom. The lowest BCUT2D eigenvalue weighted by Crippen LogP contribution is -2.33. The molecule has 7 nitrogen and oxygen atoms in total. The number of oxazole rings is 1. The largest absolute Gasteiger partial charge is 0.461 e. The zero-order valence-electron chi connectivity index (χ0n) is 11.7. The van der Waals surface area contributed by atoms with E-state index in [1.165, 1.54) is 6.26 Å². The van der Waals surface area contributed by atoms with Gasteiger partial charge in [-0.3, -0.25) is 0 Å². The van der Waals surface area contributed by atoms with Crippen LogP contribution in [0.1, 0.15) is 30.3 Å². The van der Waals surface area contributed by atoms with Crippen molar-refractivity contribution in [1.82, 2.24) is 10.3 Å². The molecule has 1 aliphatic heterocycles. The monoisotopic (exact) mass is 283 g/mol. The molecule has 1 fully saturated rings. The maximum absolute atomic E-state index is 11.4. The summed E-state index contributed by atoms with van der Waals surface area (Å²) in [5, 5.41) is 6.27. The first kappa shape index (κ1) is 14.8. The highest BCUT2D eigenvalue weighted by Gasteiger charge is 2.14. The summed E-state index contributed by atoms with van der Waals surface area (Å²) in [4.78, 5) is 15.4. The van der Waals surface area contributed by atoms with Crippen LogP contribution in [0.3, 0.4) is 0 Å². The third-order valence-electron chi connectivity index (χ3n) is 3.01. The first-order valence-corrected chi connectivity index (χ1v) is 6.98. The highest BCUT2D eigenvalue weighted by Crippen LogP contribution is 2.09. The van der Waals surface area contributed by atoms with Crippen LogP contribution in [0.2, 0.25) is 0 Å². The van der Waals surface area contributed by atoms with E-state index in [2.05, 4.69) is 15.6 Å². The third kappa shape index (κ3) is 4.50. The normalized spacial score (nSPS) is 16.1. The van der Waals surface area contributed by atoms with Crippen molar-refractivity contribution in [1.29, 1.82) is 0 Å². The molecule has 0 saturated carbocycles. The molecule has 0 aromatic carbocycles. The molecule has 0 unspecified atom stereocenters. The number of carbonyl (C=O) groups is 1. The van der Waals surface area contributed by atoms with Crippen molar-refractivity contribution in [3.8, 4) is 0 Å². The second-order valence-corrected chi connectivity index (χ2v) is 4.51. The van der Waals surface area contributed by atoms with Gasteiger partial charge in [-0.2, -0.15) is 4.98 Å². The van der Waals surface area contributed by atoms with Crippen LogP contribution in [-0.2, 0) is 9.47 Å². The Labute approximate surface area is 118 Å². The summed E-state index contributed by atoms with van der Waals surface area (Å²) in [6.45, 7) is 5.27. The molecule has 1 aliphatic rings. The van der Waals surface area contributed by atoms with Crippen LogP contribution in [0.5, 0.6) is 0 Å². The van der Waals surface area contributed by atoms with Gasteiger partial charge >= 0.3 is 5.97 Å². The van der Waals surface area contributed by atoms with Gasteiger partial charge in [-0.15, -0.1) is 0 Å². The minimum absolute atomic E-state index is 0.175. The fourth-order valence-corrected chi connectivity index (χ4v) is 2.00. The fourth-order valence-electron chi connectivity index (χ4n) is 2.00. The van der Waals surface area contributed by atoms with Crippen LogP contribution >= 0.6 is 0 Å². The Bertz CT molecular complexity index is 416. The molecule has 0 amide bonds. The molecule has 2 heterocycles. The highest BCUT2D eigenvalue weighted by molar-refractivity contribution is 5.87. The highest BCUT2D eigenvalue weighted by atomic mass is 16.5. The molecule has 1 saturated heterocycles. The Hall–Kier alpha value is -1.60. The van der Waals surface area contributed by atoms with Crippen LogP contribution in [-0.4, -0.2) is 49.9 Å². The summed E-state index contributed by atoms with van der Waals surface area (Å²) in [7, 11) is 0. The first-order valence-electron chi connectivity index (χ1n) is 6.98. The number of aromatic nitrogens is 1. The smallest absolute Gasteiger partial charge is 0.360 e. The molecule has 0 bridgehead atoms.